The van der Waals surface area contributed by atoms with Crippen molar-refractivity contribution in [2.45, 2.75) is 6.42 Å². The minimum Gasteiger partial charge on any atom is -0.340 e. The fraction of sp³-hybridized carbons (Fsp3) is 0.353. The SMILES string of the molecule is CS(=O)(=O)N1CCN(C(=O)Cc2cccc3ccccc23)CC1. The molecule has 0 saturated carbocycles. The second-order valence-electron chi connectivity index (χ2n) is 5.86. The maximum atomic E-state index is 12.5. The van der Waals surface area contributed by atoms with Crippen LogP contribution in [0.2, 0.25) is 0 Å². The number of hydrogen-bond donors (Lipinski definition) is 0. The summed E-state index contributed by atoms with van der Waals surface area (Å²) in [5.74, 6) is 0.0505. The zero-order valence-electron chi connectivity index (χ0n) is 13.1. The molecule has 2 aromatic rings. The molecule has 0 aliphatic carbocycles. The molecule has 0 radical (unpaired) electrons. The number of sulfonamides is 1. The maximum Gasteiger partial charge on any atom is 0.227 e. The van der Waals surface area contributed by atoms with Crippen molar-refractivity contribution in [3.05, 3.63) is 48.0 Å². The third-order valence-corrected chi connectivity index (χ3v) is 5.59. The summed E-state index contributed by atoms with van der Waals surface area (Å²) >= 11 is 0. The van der Waals surface area contributed by atoms with Crippen LogP contribution in [-0.4, -0.2) is 56.0 Å². The molecule has 1 aliphatic rings. The average molecular weight is 332 g/mol. The van der Waals surface area contributed by atoms with Crippen LogP contribution in [-0.2, 0) is 21.2 Å². The van der Waals surface area contributed by atoms with Gasteiger partial charge in [-0.25, -0.2) is 8.42 Å². The van der Waals surface area contributed by atoms with Crippen molar-refractivity contribution in [2.24, 2.45) is 0 Å². The molecule has 0 N–H and O–H groups in total. The van der Waals surface area contributed by atoms with E-state index in [0.717, 1.165) is 16.3 Å². The third kappa shape index (κ3) is 3.54. The molecule has 2 aromatic carbocycles. The van der Waals surface area contributed by atoms with Gasteiger partial charge in [0, 0.05) is 26.2 Å². The number of carbonyl (C=O) groups is 1. The number of hydrogen-bond acceptors (Lipinski definition) is 3. The first-order chi connectivity index (χ1) is 10.9. The van der Waals surface area contributed by atoms with Gasteiger partial charge in [-0.2, -0.15) is 4.31 Å². The minimum absolute atomic E-state index is 0.0505. The highest BCUT2D eigenvalue weighted by molar-refractivity contribution is 7.88. The Balaban J connectivity index is 1.70. The second-order valence-corrected chi connectivity index (χ2v) is 7.84. The maximum absolute atomic E-state index is 12.5. The standard InChI is InChI=1S/C17H20N2O3S/c1-23(21,22)19-11-9-18(10-12-19)17(20)13-15-7-4-6-14-5-2-3-8-16(14)15/h2-8H,9-13H2,1H3. The largest absolute Gasteiger partial charge is 0.340 e. The van der Waals surface area contributed by atoms with E-state index < -0.39 is 10.0 Å². The fourth-order valence-corrected chi connectivity index (χ4v) is 3.82. The highest BCUT2D eigenvalue weighted by atomic mass is 32.2. The highest BCUT2D eigenvalue weighted by Gasteiger charge is 2.26. The molecule has 1 aliphatic heterocycles. The van der Waals surface area contributed by atoms with Crippen LogP contribution in [0.25, 0.3) is 10.8 Å². The number of amides is 1. The molecule has 5 nitrogen and oxygen atoms in total. The van der Waals surface area contributed by atoms with Gasteiger partial charge in [0.15, 0.2) is 0 Å². The minimum atomic E-state index is -3.17. The van der Waals surface area contributed by atoms with Crippen molar-refractivity contribution in [3.8, 4) is 0 Å². The van der Waals surface area contributed by atoms with Gasteiger partial charge in [-0.1, -0.05) is 42.5 Å². The lowest BCUT2D eigenvalue weighted by atomic mass is 10.0. The van der Waals surface area contributed by atoms with Crippen LogP contribution < -0.4 is 0 Å². The van der Waals surface area contributed by atoms with E-state index in [1.165, 1.54) is 10.6 Å². The Labute approximate surface area is 136 Å². The Morgan fingerprint density at radius 2 is 1.65 bits per heavy atom. The summed E-state index contributed by atoms with van der Waals surface area (Å²) in [6.07, 6.45) is 1.56. The zero-order chi connectivity index (χ0) is 16.4. The molecule has 1 fully saturated rings. The first-order valence-electron chi connectivity index (χ1n) is 7.65. The molecule has 1 heterocycles. The monoisotopic (exact) mass is 332 g/mol. The summed E-state index contributed by atoms with van der Waals surface area (Å²) in [5, 5.41) is 2.22. The Morgan fingerprint density at radius 1 is 1.00 bits per heavy atom. The van der Waals surface area contributed by atoms with Crippen LogP contribution >= 0.6 is 0 Å². The summed E-state index contributed by atoms with van der Waals surface area (Å²) in [7, 11) is -3.17. The molecule has 0 bridgehead atoms. The van der Waals surface area contributed by atoms with Gasteiger partial charge in [-0.15, -0.1) is 0 Å². The zero-order valence-corrected chi connectivity index (χ0v) is 13.9. The van der Waals surface area contributed by atoms with E-state index in [-0.39, 0.29) is 5.91 Å². The predicted octanol–water partition coefficient (Wildman–Crippen LogP) is 1.49. The van der Waals surface area contributed by atoms with Crippen LogP contribution in [0, 0.1) is 0 Å². The smallest absolute Gasteiger partial charge is 0.227 e. The van der Waals surface area contributed by atoms with Gasteiger partial charge >= 0.3 is 0 Å². The van der Waals surface area contributed by atoms with Crippen molar-refractivity contribution in [3.63, 3.8) is 0 Å². The van der Waals surface area contributed by atoms with Crippen molar-refractivity contribution in [1.29, 1.82) is 0 Å². The van der Waals surface area contributed by atoms with E-state index >= 15 is 0 Å². The molecule has 6 heteroatoms. The number of carbonyl (C=O) groups excluding carboxylic acids is 1. The lowest BCUT2D eigenvalue weighted by molar-refractivity contribution is -0.131. The van der Waals surface area contributed by atoms with Gasteiger partial charge in [0.1, 0.15) is 0 Å². The van der Waals surface area contributed by atoms with Gasteiger partial charge in [0.2, 0.25) is 15.9 Å². The normalized spacial score (nSPS) is 16.7. The van der Waals surface area contributed by atoms with E-state index in [1.54, 1.807) is 4.90 Å². The molecule has 122 valence electrons. The van der Waals surface area contributed by atoms with Crippen LogP contribution in [0.3, 0.4) is 0 Å². The Kier molecular flexibility index (Phi) is 4.37. The first kappa shape index (κ1) is 16.0. The molecule has 0 spiro atoms. The molecule has 0 aromatic heterocycles. The van der Waals surface area contributed by atoms with Gasteiger partial charge in [0.05, 0.1) is 12.7 Å². The predicted molar refractivity (Wildman–Crippen MR) is 90.6 cm³/mol. The van der Waals surface area contributed by atoms with Crippen molar-refractivity contribution in [1.82, 2.24) is 9.21 Å². The molecule has 23 heavy (non-hydrogen) atoms. The van der Waals surface area contributed by atoms with Crippen LogP contribution in [0.4, 0.5) is 0 Å². The number of fused-ring (bicyclic) bond motifs is 1. The molecule has 0 unspecified atom stereocenters. The lowest BCUT2D eigenvalue weighted by Crippen LogP contribution is -2.50. The lowest BCUT2D eigenvalue weighted by Gasteiger charge is -2.33. The number of benzene rings is 2. The number of piperazine rings is 1. The van der Waals surface area contributed by atoms with Gasteiger partial charge in [0.25, 0.3) is 0 Å². The molecular weight excluding hydrogens is 312 g/mol. The van der Waals surface area contributed by atoms with E-state index in [9.17, 15) is 13.2 Å². The average Bonchev–Trinajstić information content (AvgIpc) is 2.54. The van der Waals surface area contributed by atoms with Crippen LogP contribution in [0.1, 0.15) is 5.56 Å². The summed E-state index contributed by atoms with van der Waals surface area (Å²) < 4.78 is 24.5. The Morgan fingerprint density at radius 3 is 2.35 bits per heavy atom. The Hall–Kier alpha value is -1.92. The van der Waals surface area contributed by atoms with Gasteiger partial charge in [-0.3, -0.25) is 4.79 Å². The topological polar surface area (TPSA) is 57.7 Å². The highest BCUT2D eigenvalue weighted by Crippen LogP contribution is 2.20. The molecule has 1 amide bonds. The van der Waals surface area contributed by atoms with Crippen LogP contribution in [0.5, 0.6) is 0 Å². The molecule has 1 saturated heterocycles. The summed E-state index contributed by atoms with van der Waals surface area (Å²) in [5.41, 5.74) is 1.01. The number of rotatable bonds is 3. The van der Waals surface area contributed by atoms with E-state index in [4.69, 9.17) is 0 Å². The summed E-state index contributed by atoms with van der Waals surface area (Å²) in [6, 6.07) is 14.0. The number of nitrogens with zero attached hydrogens (tertiary/aromatic N) is 2. The van der Waals surface area contributed by atoms with E-state index in [1.807, 2.05) is 42.5 Å². The van der Waals surface area contributed by atoms with Crippen molar-refractivity contribution >= 4 is 26.7 Å². The van der Waals surface area contributed by atoms with Crippen molar-refractivity contribution in [2.75, 3.05) is 32.4 Å². The first-order valence-corrected chi connectivity index (χ1v) is 9.49. The quantitative estimate of drug-likeness (QED) is 0.855. The fourth-order valence-electron chi connectivity index (χ4n) is 2.99. The molecular formula is C17H20N2O3S. The summed E-state index contributed by atoms with van der Waals surface area (Å²) in [4.78, 5) is 14.3. The van der Waals surface area contributed by atoms with E-state index in [2.05, 4.69) is 0 Å². The van der Waals surface area contributed by atoms with Gasteiger partial charge < -0.3 is 4.90 Å². The van der Waals surface area contributed by atoms with Crippen LogP contribution in [0.15, 0.2) is 42.5 Å². The second kappa shape index (κ2) is 6.29. The summed E-state index contributed by atoms with van der Waals surface area (Å²) in [6.45, 7) is 1.66. The molecule has 0 atom stereocenters. The van der Waals surface area contributed by atoms with Crippen molar-refractivity contribution < 1.29 is 13.2 Å². The third-order valence-electron chi connectivity index (χ3n) is 4.28. The van der Waals surface area contributed by atoms with E-state index in [0.29, 0.717) is 32.6 Å². The molecule has 3 rings (SSSR count). The Bertz CT molecular complexity index is 819. The van der Waals surface area contributed by atoms with Gasteiger partial charge in [-0.05, 0) is 16.3 Å².